The molecular formula is C31H35N7O3. The summed E-state index contributed by atoms with van der Waals surface area (Å²) in [6.45, 7) is 6.01. The SMILES string of the molecule is COc1ccc(Cn2nc(NC(=O)c3ccc(N4CCN(C)CC4)nc3)cc2C(=O)NC(C)c2ccccc2)cc1. The molecule has 0 bridgehead atoms. The summed E-state index contributed by atoms with van der Waals surface area (Å²) in [4.78, 5) is 35.5. The first-order chi connectivity index (χ1) is 19.9. The van der Waals surface area contributed by atoms with Crippen LogP contribution in [0.4, 0.5) is 11.6 Å². The Balaban J connectivity index is 1.33. The van der Waals surface area contributed by atoms with Gasteiger partial charge in [-0.1, -0.05) is 42.5 Å². The van der Waals surface area contributed by atoms with Crippen molar-refractivity contribution in [2.24, 2.45) is 0 Å². The van der Waals surface area contributed by atoms with Crippen LogP contribution in [0.3, 0.4) is 0 Å². The van der Waals surface area contributed by atoms with Crippen LogP contribution < -0.4 is 20.3 Å². The van der Waals surface area contributed by atoms with Gasteiger partial charge in [0.15, 0.2) is 5.82 Å². The number of pyridine rings is 1. The number of carbonyl (C=O) groups excluding carboxylic acids is 2. The van der Waals surface area contributed by atoms with Crippen molar-refractivity contribution in [2.75, 3.05) is 50.6 Å². The monoisotopic (exact) mass is 553 g/mol. The highest BCUT2D eigenvalue weighted by molar-refractivity contribution is 6.04. The molecule has 3 heterocycles. The molecule has 1 unspecified atom stereocenters. The third-order valence-corrected chi connectivity index (χ3v) is 7.23. The highest BCUT2D eigenvalue weighted by Gasteiger charge is 2.21. The summed E-state index contributed by atoms with van der Waals surface area (Å²) in [5, 5.41) is 10.5. The van der Waals surface area contributed by atoms with Crippen LogP contribution in [-0.2, 0) is 6.54 Å². The molecule has 2 aromatic heterocycles. The average molecular weight is 554 g/mol. The second kappa shape index (κ2) is 12.6. The number of nitrogens with zero attached hydrogens (tertiary/aromatic N) is 5. The minimum absolute atomic E-state index is 0.212. The van der Waals surface area contributed by atoms with E-state index < -0.39 is 0 Å². The Kier molecular flexibility index (Phi) is 8.59. The Bertz CT molecular complexity index is 1460. The lowest BCUT2D eigenvalue weighted by Gasteiger charge is -2.33. The molecular weight excluding hydrogens is 518 g/mol. The van der Waals surface area contributed by atoms with Gasteiger partial charge in [0.1, 0.15) is 17.3 Å². The zero-order valence-electron chi connectivity index (χ0n) is 23.6. The molecule has 2 amide bonds. The lowest BCUT2D eigenvalue weighted by Crippen LogP contribution is -2.44. The summed E-state index contributed by atoms with van der Waals surface area (Å²) in [5.74, 6) is 1.24. The van der Waals surface area contributed by atoms with E-state index in [2.05, 4.69) is 37.6 Å². The molecule has 0 saturated carbocycles. The Hall–Kier alpha value is -4.70. The Morgan fingerprint density at radius 3 is 2.34 bits per heavy atom. The fourth-order valence-corrected chi connectivity index (χ4v) is 4.71. The average Bonchev–Trinajstić information content (AvgIpc) is 3.40. The lowest BCUT2D eigenvalue weighted by atomic mass is 10.1. The number of piperazine rings is 1. The standard InChI is InChI=1S/C31H35N7O3/c1-22(24-7-5-4-6-8-24)33-31(40)27-19-28(35-38(27)21-23-9-12-26(41-3)13-10-23)34-30(39)25-11-14-29(32-20-25)37-17-15-36(2)16-18-37/h4-14,19-20,22H,15-18,21H2,1-3H3,(H,33,40)(H,34,35,39). The first-order valence-electron chi connectivity index (χ1n) is 13.7. The van der Waals surface area contributed by atoms with Gasteiger partial charge < -0.3 is 25.2 Å². The third-order valence-electron chi connectivity index (χ3n) is 7.23. The van der Waals surface area contributed by atoms with Gasteiger partial charge in [0.25, 0.3) is 11.8 Å². The molecule has 2 N–H and O–H groups in total. The van der Waals surface area contributed by atoms with Crippen molar-refractivity contribution in [1.82, 2.24) is 25.0 Å². The number of methoxy groups -OCH3 is 1. The molecule has 10 nitrogen and oxygen atoms in total. The molecule has 1 saturated heterocycles. The molecule has 1 fully saturated rings. The van der Waals surface area contributed by atoms with Crippen molar-refractivity contribution >= 4 is 23.5 Å². The minimum atomic E-state index is -0.346. The molecule has 1 aliphatic rings. The fourth-order valence-electron chi connectivity index (χ4n) is 4.71. The summed E-state index contributed by atoms with van der Waals surface area (Å²) in [7, 11) is 3.72. The fraction of sp³-hybridized carbons (Fsp3) is 0.290. The largest absolute Gasteiger partial charge is 0.497 e. The summed E-state index contributed by atoms with van der Waals surface area (Å²) in [5.41, 5.74) is 2.67. The highest BCUT2D eigenvalue weighted by Crippen LogP contribution is 2.19. The van der Waals surface area contributed by atoms with Crippen molar-refractivity contribution in [2.45, 2.75) is 19.5 Å². The number of hydrogen-bond donors (Lipinski definition) is 2. The van der Waals surface area contributed by atoms with Gasteiger partial charge in [-0.3, -0.25) is 14.3 Å². The second-order valence-corrected chi connectivity index (χ2v) is 10.2. The van der Waals surface area contributed by atoms with Gasteiger partial charge in [-0.25, -0.2) is 4.98 Å². The number of carbonyl (C=O) groups is 2. The van der Waals surface area contributed by atoms with Crippen molar-refractivity contribution in [3.63, 3.8) is 0 Å². The van der Waals surface area contributed by atoms with Gasteiger partial charge >= 0.3 is 0 Å². The minimum Gasteiger partial charge on any atom is -0.497 e. The summed E-state index contributed by atoms with van der Waals surface area (Å²) >= 11 is 0. The number of ether oxygens (including phenoxy) is 1. The van der Waals surface area contributed by atoms with Crippen LogP contribution in [0, 0.1) is 0 Å². The maximum atomic E-state index is 13.4. The van der Waals surface area contributed by atoms with E-state index in [4.69, 9.17) is 4.74 Å². The van der Waals surface area contributed by atoms with Crippen LogP contribution in [0.1, 0.15) is 44.9 Å². The van der Waals surface area contributed by atoms with Crippen LogP contribution in [0.25, 0.3) is 0 Å². The first-order valence-corrected chi connectivity index (χ1v) is 13.7. The van der Waals surface area contributed by atoms with E-state index in [9.17, 15) is 9.59 Å². The number of anilines is 2. The quantitative estimate of drug-likeness (QED) is 0.325. The summed E-state index contributed by atoms with van der Waals surface area (Å²) < 4.78 is 6.86. The zero-order valence-corrected chi connectivity index (χ0v) is 23.6. The number of likely N-dealkylation sites (N-methyl/N-ethyl adjacent to an activating group) is 1. The van der Waals surface area contributed by atoms with E-state index in [1.807, 2.05) is 67.6 Å². The van der Waals surface area contributed by atoms with Gasteiger partial charge in [0, 0.05) is 38.4 Å². The smallest absolute Gasteiger partial charge is 0.270 e. The van der Waals surface area contributed by atoms with E-state index in [1.54, 1.807) is 30.1 Å². The normalized spacial score (nSPS) is 14.4. The molecule has 0 spiro atoms. The number of benzene rings is 2. The summed E-state index contributed by atoms with van der Waals surface area (Å²) in [6, 6.07) is 22.3. The number of rotatable bonds is 9. The zero-order chi connectivity index (χ0) is 28.8. The maximum Gasteiger partial charge on any atom is 0.270 e. The highest BCUT2D eigenvalue weighted by atomic mass is 16.5. The first kappa shape index (κ1) is 27.9. The predicted molar refractivity (Wildman–Crippen MR) is 159 cm³/mol. The van der Waals surface area contributed by atoms with Crippen LogP contribution in [-0.4, -0.2) is 71.8 Å². The Labute approximate surface area is 239 Å². The van der Waals surface area contributed by atoms with Gasteiger partial charge in [-0.2, -0.15) is 5.10 Å². The number of amides is 2. The van der Waals surface area contributed by atoms with E-state index >= 15 is 0 Å². The van der Waals surface area contributed by atoms with Crippen LogP contribution in [0.2, 0.25) is 0 Å². The summed E-state index contributed by atoms with van der Waals surface area (Å²) in [6.07, 6.45) is 1.58. The van der Waals surface area contributed by atoms with Gasteiger partial charge in [-0.15, -0.1) is 0 Å². The van der Waals surface area contributed by atoms with E-state index in [1.165, 1.54) is 0 Å². The molecule has 0 aliphatic carbocycles. The van der Waals surface area contributed by atoms with E-state index in [0.29, 0.717) is 17.8 Å². The number of aromatic nitrogens is 3. The topological polar surface area (TPSA) is 105 Å². The lowest BCUT2D eigenvalue weighted by molar-refractivity contribution is 0.0928. The Morgan fingerprint density at radius 2 is 1.68 bits per heavy atom. The molecule has 5 rings (SSSR count). The van der Waals surface area contributed by atoms with Gasteiger partial charge in [0.05, 0.1) is 25.3 Å². The molecule has 4 aromatic rings. The van der Waals surface area contributed by atoms with Crippen LogP contribution >= 0.6 is 0 Å². The molecule has 1 aliphatic heterocycles. The predicted octanol–water partition coefficient (Wildman–Crippen LogP) is 3.83. The molecule has 0 radical (unpaired) electrons. The molecule has 212 valence electrons. The van der Waals surface area contributed by atoms with Crippen LogP contribution in [0.15, 0.2) is 79.0 Å². The number of nitrogens with one attached hydrogen (secondary N) is 2. The van der Waals surface area contributed by atoms with Gasteiger partial charge in [0.2, 0.25) is 0 Å². The molecule has 41 heavy (non-hydrogen) atoms. The van der Waals surface area contributed by atoms with Crippen LogP contribution in [0.5, 0.6) is 5.75 Å². The van der Waals surface area contributed by atoms with E-state index in [-0.39, 0.29) is 23.7 Å². The van der Waals surface area contributed by atoms with Crippen molar-refractivity contribution in [3.05, 3.63) is 101 Å². The van der Waals surface area contributed by atoms with E-state index in [0.717, 1.165) is 48.9 Å². The molecule has 1 atom stereocenters. The van der Waals surface area contributed by atoms with Gasteiger partial charge in [-0.05, 0) is 49.4 Å². The Morgan fingerprint density at radius 1 is 0.951 bits per heavy atom. The second-order valence-electron chi connectivity index (χ2n) is 10.2. The maximum absolute atomic E-state index is 13.4. The van der Waals surface area contributed by atoms with Crippen molar-refractivity contribution in [1.29, 1.82) is 0 Å². The van der Waals surface area contributed by atoms with Crippen molar-refractivity contribution < 1.29 is 14.3 Å². The number of hydrogen-bond acceptors (Lipinski definition) is 7. The molecule has 2 aromatic carbocycles. The van der Waals surface area contributed by atoms with Crippen molar-refractivity contribution in [3.8, 4) is 5.75 Å². The third kappa shape index (κ3) is 6.90. The molecule has 10 heteroatoms.